The molecule has 28 heavy (non-hydrogen) atoms. The first-order valence-corrected chi connectivity index (χ1v) is 10.2. The Kier molecular flexibility index (Phi) is 6.01. The number of thiazole rings is 1. The van der Waals surface area contributed by atoms with Crippen molar-refractivity contribution >= 4 is 33.8 Å². The summed E-state index contributed by atoms with van der Waals surface area (Å²) in [6.07, 6.45) is 5.02. The number of carbonyl (C=O) groups is 1. The molecule has 0 aliphatic heterocycles. The first kappa shape index (κ1) is 20.7. The number of carbonyl (C=O) groups excluding carboxylic acids is 1. The summed E-state index contributed by atoms with van der Waals surface area (Å²) in [5, 5.41) is 25.3. The van der Waals surface area contributed by atoms with E-state index >= 15 is 0 Å². The average Bonchev–Trinajstić information content (AvgIpc) is 3.36. The number of amides is 1. The van der Waals surface area contributed by atoms with Gasteiger partial charge >= 0.3 is 0 Å². The number of quaternary nitrogens is 1. The van der Waals surface area contributed by atoms with E-state index in [0.29, 0.717) is 16.6 Å². The van der Waals surface area contributed by atoms with E-state index in [4.69, 9.17) is 0 Å². The zero-order chi connectivity index (χ0) is 20.5. The molecule has 1 aromatic heterocycles. The van der Waals surface area contributed by atoms with Gasteiger partial charge in [-0.15, -0.1) is 11.3 Å². The zero-order valence-corrected chi connectivity index (χ0v) is 17.5. The van der Waals surface area contributed by atoms with Crippen LogP contribution in [0, 0.1) is 5.92 Å². The minimum absolute atomic E-state index is 0.173. The van der Waals surface area contributed by atoms with Gasteiger partial charge in [0.05, 0.1) is 10.5 Å². The van der Waals surface area contributed by atoms with Gasteiger partial charge in [0.25, 0.3) is 5.91 Å². The summed E-state index contributed by atoms with van der Waals surface area (Å²) in [6, 6.07) is 4.89. The van der Waals surface area contributed by atoms with Crippen molar-refractivity contribution in [2.75, 3.05) is 37.9 Å². The van der Waals surface area contributed by atoms with Gasteiger partial charge in [-0.3, -0.25) is 10.1 Å². The minimum Gasteiger partial charge on any atom is -0.374 e. The fourth-order valence-corrected chi connectivity index (χ4v) is 3.68. The summed E-state index contributed by atoms with van der Waals surface area (Å²) in [4.78, 5) is 19.0. The maximum atomic E-state index is 13.0. The van der Waals surface area contributed by atoms with Crippen LogP contribution in [0.25, 0.3) is 0 Å². The fraction of sp³-hybridized carbons (Fsp3) is 0.474. The van der Waals surface area contributed by atoms with Crippen LogP contribution in [0.4, 0.5) is 16.5 Å². The number of nitrogens with zero attached hydrogens (tertiary/aromatic N) is 4. The monoisotopic (exact) mass is 406 g/mol. The minimum atomic E-state index is -1.44. The van der Waals surface area contributed by atoms with Gasteiger partial charge < -0.3 is 4.90 Å². The predicted molar refractivity (Wildman–Crippen MR) is 111 cm³/mol. The van der Waals surface area contributed by atoms with Gasteiger partial charge in [0.2, 0.25) is 5.69 Å². The van der Waals surface area contributed by atoms with E-state index in [1.165, 1.54) is 49.3 Å². The average molecular weight is 407 g/mol. The number of anilines is 2. The third kappa shape index (κ3) is 4.50. The van der Waals surface area contributed by atoms with Crippen LogP contribution in [0.3, 0.4) is 0 Å². The molecule has 1 aliphatic carbocycles. The summed E-state index contributed by atoms with van der Waals surface area (Å²) in [7, 11) is 5.03. The molecule has 3 N–H and O–H groups in total. The normalized spacial score (nSPS) is 14.4. The second kappa shape index (κ2) is 8.14. The van der Waals surface area contributed by atoms with E-state index in [1.54, 1.807) is 18.3 Å². The topological polar surface area (TPSA) is 88.9 Å². The molecule has 0 spiro atoms. The smallest absolute Gasteiger partial charge is 0.259 e. The molecule has 0 unspecified atom stereocenters. The highest BCUT2D eigenvalue weighted by molar-refractivity contribution is 7.15. The summed E-state index contributed by atoms with van der Waals surface area (Å²) in [5.74, 6) is 0.328. The van der Waals surface area contributed by atoms with Crippen LogP contribution in [0.5, 0.6) is 0 Å². The number of benzene rings is 1. The predicted octanol–water partition coefficient (Wildman–Crippen LogP) is 3.37. The lowest BCUT2D eigenvalue weighted by Crippen LogP contribution is -2.53. The summed E-state index contributed by atoms with van der Waals surface area (Å²) >= 11 is 1.44. The molecule has 1 fully saturated rings. The maximum Gasteiger partial charge on any atom is 0.259 e. The molecule has 0 bridgehead atoms. The van der Waals surface area contributed by atoms with Crippen molar-refractivity contribution in [3.05, 3.63) is 34.8 Å². The van der Waals surface area contributed by atoms with Crippen LogP contribution in [0.15, 0.2) is 24.4 Å². The number of hydrogen-bond acceptors (Lipinski definition) is 7. The molecule has 8 nitrogen and oxygen atoms in total. The van der Waals surface area contributed by atoms with E-state index in [-0.39, 0.29) is 11.6 Å². The highest BCUT2D eigenvalue weighted by Crippen LogP contribution is 2.34. The van der Waals surface area contributed by atoms with Gasteiger partial charge in [0.1, 0.15) is 0 Å². The third-order valence-electron chi connectivity index (χ3n) is 4.89. The number of aromatic nitrogens is 1. The van der Waals surface area contributed by atoms with Crippen molar-refractivity contribution in [3.63, 3.8) is 0 Å². The number of hydrogen-bond donors (Lipinski definition) is 3. The Balaban J connectivity index is 1.94. The molecule has 1 amide bonds. The van der Waals surface area contributed by atoms with Crippen LogP contribution in [-0.4, -0.2) is 54.0 Å². The lowest BCUT2D eigenvalue weighted by molar-refractivity contribution is -0.388. The van der Waals surface area contributed by atoms with Crippen LogP contribution >= 0.6 is 11.3 Å². The Morgan fingerprint density at radius 2 is 2.04 bits per heavy atom. The van der Waals surface area contributed by atoms with Gasteiger partial charge in [-0.1, -0.05) is 11.9 Å². The van der Waals surface area contributed by atoms with Gasteiger partial charge in [0, 0.05) is 56.6 Å². The van der Waals surface area contributed by atoms with Crippen LogP contribution in [0.1, 0.15) is 35.0 Å². The van der Waals surface area contributed by atoms with E-state index in [0.717, 1.165) is 23.5 Å². The molecule has 0 atom stereocenters. The Bertz CT molecular complexity index is 848. The van der Waals surface area contributed by atoms with Crippen LogP contribution in [0.2, 0.25) is 0 Å². The van der Waals surface area contributed by atoms with Crippen molar-refractivity contribution in [1.29, 1.82) is 0 Å². The lowest BCUT2D eigenvalue weighted by atomic mass is 10.1. The van der Waals surface area contributed by atoms with Crippen LogP contribution < -0.4 is 15.1 Å². The molecule has 152 valence electrons. The van der Waals surface area contributed by atoms with Crippen LogP contribution in [-0.2, 0) is 6.42 Å². The molecule has 9 heteroatoms. The van der Waals surface area contributed by atoms with Gasteiger partial charge in [-0.25, -0.2) is 4.98 Å². The SMILES string of the molecule is CCc1cnc(NC(=O)c2cc([N+](O)(O)N(C)C)ccc2N(C)CC2CC2)s1. The molecule has 1 heterocycles. The molecule has 3 rings (SSSR count). The Morgan fingerprint density at radius 3 is 2.61 bits per heavy atom. The van der Waals surface area contributed by atoms with E-state index in [2.05, 4.69) is 15.2 Å². The standard InChI is InChI=1S/C19H27N5O3S/c1-5-15-11-20-19(28-15)21-18(25)16-10-14(24(26,27)22(2)3)8-9-17(16)23(4)12-13-6-7-13/h8-11,13,26-27H,5-7,12H2,1-4H3/p+1. The maximum absolute atomic E-state index is 13.0. The van der Waals surface area contributed by atoms with Crippen molar-refractivity contribution in [2.24, 2.45) is 5.92 Å². The van der Waals surface area contributed by atoms with Gasteiger partial charge in [-0.2, -0.15) is 10.4 Å². The zero-order valence-electron chi connectivity index (χ0n) is 16.7. The second-order valence-corrected chi connectivity index (χ2v) is 8.50. The Hall–Kier alpha value is -2.04. The van der Waals surface area contributed by atoms with Gasteiger partial charge in [0.15, 0.2) is 5.13 Å². The highest BCUT2D eigenvalue weighted by atomic mass is 32.1. The summed E-state index contributed by atoms with van der Waals surface area (Å²) in [5.41, 5.74) is 1.30. The van der Waals surface area contributed by atoms with Crippen molar-refractivity contribution in [2.45, 2.75) is 26.2 Å². The number of rotatable bonds is 8. The summed E-state index contributed by atoms with van der Waals surface area (Å²) in [6.45, 7) is 2.90. The molecule has 1 saturated carbocycles. The van der Waals surface area contributed by atoms with Crippen molar-refractivity contribution in [1.82, 2.24) is 14.9 Å². The largest absolute Gasteiger partial charge is 0.374 e. The number of aryl methyl sites for hydroxylation is 1. The van der Waals surface area contributed by atoms with E-state index < -0.39 is 4.92 Å². The highest BCUT2D eigenvalue weighted by Gasteiger charge is 2.33. The fourth-order valence-electron chi connectivity index (χ4n) is 2.94. The third-order valence-corrected chi connectivity index (χ3v) is 5.95. The second-order valence-electron chi connectivity index (χ2n) is 7.38. The quantitative estimate of drug-likeness (QED) is 0.460. The summed E-state index contributed by atoms with van der Waals surface area (Å²) < 4.78 is 0. The molecule has 1 aliphatic rings. The molecular weight excluding hydrogens is 378 g/mol. The number of nitrogens with one attached hydrogen (secondary N) is 1. The van der Waals surface area contributed by atoms with E-state index in [9.17, 15) is 15.2 Å². The van der Waals surface area contributed by atoms with Gasteiger partial charge in [-0.05, 0) is 31.2 Å². The Morgan fingerprint density at radius 1 is 1.32 bits per heavy atom. The molecule has 0 saturated heterocycles. The molecular formula is C19H28N5O3S+. The van der Waals surface area contributed by atoms with Crippen molar-refractivity contribution < 1.29 is 15.2 Å². The first-order chi connectivity index (χ1) is 13.2. The molecule has 2 aromatic rings. The lowest BCUT2D eigenvalue weighted by Gasteiger charge is -2.27. The Labute approximate surface area is 169 Å². The first-order valence-electron chi connectivity index (χ1n) is 9.36. The van der Waals surface area contributed by atoms with E-state index in [1.807, 2.05) is 14.0 Å². The molecule has 0 radical (unpaired) electrons. The molecule has 1 aromatic carbocycles. The van der Waals surface area contributed by atoms with Crippen molar-refractivity contribution in [3.8, 4) is 0 Å².